The fourth-order valence-corrected chi connectivity index (χ4v) is 2.17. The summed E-state index contributed by atoms with van der Waals surface area (Å²) in [6, 6.07) is 16.4. The molecule has 0 spiro atoms. The predicted octanol–water partition coefficient (Wildman–Crippen LogP) is 3.09. The van der Waals surface area contributed by atoms with Crippen molar-refractivity contribution in [1.82, 2.24) is 5.32 Å². The first kappa shape index (κ1) is 18.3. The van der Waals surface area contributed by atoms with E-state index in [1.807, 2.05) is 49.3 Å². The van der Waals surface area contributed by atoms with Crippen LogP contribution in [0.1, 0.15) is 22.8 Å². The van der Waals surface area contributed by atoms with E-state index in [4.69, 9.17) is 4.74 Å². The molecule has 0 aliphatic rings. The molecule has 2 aromatic rings. The Morgan fingerprint density at radius 1 is 1.04 bits per heavy atom. The lowest BCUT2D eigenvalue weighted by Gasteiger charge is -2.12. The van der Waals surface area contributed by atoms with Gasteiger partial charge in [0.1, 0.15) is 5.70 Å². The van der Waals surface area contributed by atoms with Gasteiger partial charge in [0, 0.05) is 25.3 Å². The molecule has 0 saturated heterocycles. The number of hydrogen-bond acceptors (Lipinski definition) is 4. The smallest absolute Gasteiger partial charge is 0.354 e. The number of rotatable bonds is 6. The molecule has 2 rings (SSSR count). The second-order valence-corrected chi connectivity index (χ2v) is 5.58. The van der Waals surface area contributed by atoms with Gasteiger partial charge < -0.3 is 15.0 Å². The maximum Gasteiger partial charge on any atom is 0.354 e. The van der Waals surface area contributed by atoms with Crippen molar-refractivity contribution < 1.29 is 14.3 Å². The van der Waals surface area contributed by atoms with Gasteiger partial charge in [-0.2, -0.15) is 0 Å². The van der Waals surface area contributed by atoms with Gasteiger partial charge in [0.05, 0.1) is 6.61 Å². The van der Waals surface area contributed by atoms with Gasteiger partial charge in [-0.25, -0.2) is 4.79 Å². The standard InChI is InChI=1S/C20H22N2O3/c1-4-25-20(24)18(21-19(23)16-8-6-5-7-9-16)14-15-10-12-17(13-11-15)22(2)3/h5-14H,4H2,1-3H3,(H,21,23)/b18-14+. The molecule has 0 saturated carbocycles. The van der Waals surface area contributed by atoms with Crippen LogP contribution in [-0.2, 0) is 9.53 Å². The minimum absolute atomic E-state index is 0.105. The zero-order valence-electron chi connectivity index (χ0n) is 14.7. The Balaban J connectivity index is 2.26. The molecule has 0 radical (unpaired) electrons. The summed E-state index contributed by atoms with van der Waals surface area (Å²) in [4.78, 5) is 26.5. The van der Waals surface area contributed by atoms with Crippen LogP contribution in [0.3, 0.4) is 0 Å². The molecule has 1 N–H and O–H groups in total. The monoisotopic (exact) mass is 338 g/mol. The number of nitrogens with one attached hydrogen (secondary N) is 1. The van der Waals surface area contributed by atoms with E-state index in [0.29, 0.717) is 5.56 Å². The normalized spacial score (nSPS) is 10.9. The maximum absolute atomic E-state index is 12.3. The Bertz CT molecular complexity index is 750. The number of carbonyl (C=O) groups excluding carboxylic acids is 2. The van der Waals surface area contributed by atoms with Crippen molar-refractivity contribution in [2.24, 2.45) is 0 Å². The molecule has 0 bridgehead atoms. The molecule has 0 aliphatic heterocycles. The fourth-order valence-electron chi connectivity index (χ4n) is 2.17. The minimum Gasteiger partial charge on any atom is -0.461 e. The first-order valence-corrected chi connectivity index (χ1v) is 8.04. The summed E-state index contributed by atoms with van der Waals surface area (Å²) in [6.07, 6.45) is 1.61. The van der Waals surface area contributed by atoms with E-state index >= 15 is 0 Å². The second kappa shape index (κ2) is 8.68. The first-order chi connectivity index (χ1) is 12.0. The SMILES string of the molecule is CCOC(=O)/C(=C\c1ccc(N(C)C)cc1)NC(=O)c1ccccc1. The third kappa shape index (κ3) is 5.21. The highest BCUT2D eigenvalue weighted by Crippen LogP contribution is 2.15. The molecular weight excluding hydrogens is 316 g/mol. The summed E-state index contributed by atoms with van der Waals surface area (Å²) < 4.78 is 5.04. The van der Waals surface area contributed by atoms with E-state index in [1.54, 1.807) is 37.3 Å². The first-order valence-electron chi connectivity index (χ1n) is 8.04. The van der Waals surface area contributed by atoms with Crippen LogP contribution in [0.5, 0.6) is 0 Å². The fraction of sp³-hybridized carbons (Fsp3) is 0.200. The van der Waals surface area contributed by atoms with Crippen LogP contribution in [0.4, 0.5) is 5.69 Å². The molecular formula is C20H22N2O3. The van der Waals surface area contributed by atoms with Crippen molar-refractivity contribution in [3.8, 4) is 0 Å². The molecule has 0 atom stereocenters. The van der Waals surface area contributed by atoms with E-state index in [9.17, 15) is 9.59 Å². The van der Waals surface area contributed by atoms with Gasteiger partial charge in [-0.1, -0.05) is 30.3 Å². The molecule has 5 nitrogen and oxygen atoms in total. The third-order valence-electron chi connectivity index (χ3n) is 3.50. The van der Waals surface area contributed by atoms with Crippen molar-refractivity contribution in [1.29, 1.82) is 0 Å². The Kier molecular flexibility index (Phi) is 6.34. The summed E-state index contributed by atoms with van der Waals surface area (Å²) in [6.45, 7) is 1.96. The van der Waals surface area contributed by atoms with Crippen molar-refractivity contribution in [3.05, 3.63) is 71.4 Å². The van der Waals surface area contributed by atoms with Gasteiger partial charge in [-0.05, 0) is 42.8 Å². The van der Waals surface area contributed by atoms with Crippen molar-refractivity contribution >= 4 is 23.6 Å². The van der Waals surface area contributed by atoms with Gasteiger partial charge in [0.25, 0.3) is 5.91 Å². The van der Waals surface area contributed by atoms with Crippen molar-refractivity contribution in [2.75, 3.05) is 25.6 Å². The molecule has 0 aromatic heterocycles. The van der Waals surface area contributed by atoms with Crippen LogP contribution in [-0.4, -0.2) is 32.6 Å². The number of esters is 1. The van der Waals surface area contributed by atoms with E-state index in [0.717, 1.165) is 11.3 Å². The number of benzene rings is 2. The van der Waals surface area contributed by atoms with E-state index in [-0.39, 0.29) is 18.2 Å². The zero-order chi connectivity index (χ0) is 18.2. The van der Waals surface area contributed by atoms with Crippen LogP contribution in [0.2, 0.25) is 0 Å². The largest absolute Gasteiger partial charge is 0.461 e. The Hall–Kier alpha value is -3.08. The van der Waals surface area contributed by atoms with Crippen molar-refractivity contribution in [3.63, 3.8) is 0 Å². The summed E-state index contributed by atoms with van der Waals surface area (Å²) in [5, 5.41) is 2.64. The number of anilines is 1. The van der Waals surface area contributed by atoms with Crippen molar-refractivity contribution in [2.45, 2.75) is 6.92 Å². The van der Waals surface area contributed by atoms with Gasteiger partial charge in [0.15, 0.2) is 0 Å². The average molecular weight is 338 g/mol. The van der Waals surface area contributed by atoms with E-state index in [1.165, 1.54) is 0 Å². The van der Waals surface area contributed by atoms with Gasteiger partial charge in [-0.3, -0.25) is 4.79 Å². The molecule has 0 unspecified atom stereocenters. The van der Waals surface area contributed by atoms with Crippen LogP contribution in [0.25, 0.3) is 6.08 Å². The van der Waals surface area contributed by atoms with Crippen LogP contribution in [0.15, 0.2) is 60.3 Å². The number of amides is 1. The quantitative estimate of drug-likeness (QED) is 0.649. The van der Waals surface area contributed by atoms with Crippen LogP contribution < -0.4 is 10.2 Å². The van der Waals surface area contributed by atoms with E-state index in [2.05, 4.69) is 5.32 Å². The number of hydrogen-bond donors (Lipinski definition) is 1. The van der Waals surface area contributed by atoms with E-state index < -0.39 is 5.97 Å². The molecule has 130 valence electrons. The molecule has 1 amide bonds. The highest BCUT2D eigenvalue weighted by Gasteiger charge is 2.15. The molecule has 0 fully saturated rings. The molecule has 0 heterocycles. The lowest BCUT2D eigenvalue weighted by atomic mass is 10.1. The summed E-state index contributed by atoms with van der Waals surface area (Å²) in [5.41, 5.74) is 2.42. The number of carbonyl (C=O) groups is 2. The third-order valence-corrected chi connectivity index (χ3v) is 3.50. The lowest BCUT2D eigenvalue weighted by Crippen LogP contribution is -2.28. The van der Waals surface area contributed by atoms with Crippen LogP contribution >= 0.6 is 0 Å². The second-order valence-electron chi connectivity index (χ2n) is 5.58. The Morgan fingerprint density at radius 2 is 1.68 bits per heavy atom. The summed E-state index contributed by atoms with van der Waals surface area (Å²) in [5.74, 6) is -0.923. The maximum atomic E-state index is 12.3. The van der Waals surface area contributed by atoms with Gasteiger partial charge in [0.2, 0.25) is 0 Å². The number of ether oxygens (including phenoxy) is 1. The lowest BCUT2D eigenvalue weighted by molar-refractivity contribution is -0.138. The summed E-state index contributed by atoms with van der Waals surface area (Å²) in [7, 11) is 3.91. The highest BCUT2D eigenvalue weighted by atomic mass is 16.5. The topological polar surface area (TPSA) is 58.6 Å². The molecule has 5 heteroatoms. The van der Waals surface area contributed by atoms with Gasteiger partial charge in [-0.15, -0.1) is 0 Å². The Morgan fingerprint density at radius 3 is 2.24 bits per heavy atom. The van der Waals surface area contributed by atoms with Crippen LogP contribution in [0, 0.1) is 0 Å². The molecule has 0 aliphatic carbocycles. The summed E-state index contributed by atoms with van der Waals surface area (Å²) >= 11 is 0. The predicted molar refractivity (Wildman–Crippen MR) is 99.3 cm³/mol. The zero-order valence-corrected chi connectivity index (χ0v) is 14.7. The minimum atomic E-state index is -0.566. The number of nitrogens with zero attached hydrogens (tertiary/aromatic N) is 1. The average Bonchev–Trinajstić information content (AvgIpc) is 2.62. The highest BCUT2D eigenvalue weighted by molar-refractivity contribution is 6.03. The Labute approximate surface area is 147 Å². The molecule has 2 aromatic carbocycles. The van der Waals surface area contributed by atoms with Gasteiger partial charge >= 0.3 is 5.97 Å². The molecule has 25 heavy (non-hydrogen) atoms.